The van der Waals surface area contributed by atoms with E-state index in [1.54, 1.807) is 18.5 Å². The summed E-state index contributed by atoms with van der Waals surface area (Å²) in [4.78, 5) is 8.30. The van der Waals surface area contributed by atoms with Crippen LogP contribution in [0.25, 0.3) is 0 Å². The quantitative estimate of drug-likeness (QED) is 0.855. The van der Waals surface area contributed by atoms with Crippen molar-refractivity contribution in [2.75, 3.05) is 5.73 Å². The first-order chi connectivity index (χ1) is 9.08. The molecule has 0 aliphatic rings. The van der Waals surface area contributed by atoms with Gasteiger partial charge in [-0.3, -0.25) is 0 Å². The zero-order chi connectivity index (χ0) is 13.8. The molecule has 0 saturated carbocycles. The summed E-state index contributed by atoms with van der Waals surface area (Å²) < 4.78 is 5.84. The lowest BCUT2D eigenvalue weighted by molar-refractivity contribution is 0.291. The van der Waals surface area contributed by atoms with Gasteiger partial charge in [0.15, 0.2) is 5.82 Å². The van der Waals surface area contributed by atoms with E-state index < -0.39 is 0 Å². The second-order valence-corrected chi connectivity index (χ2v) is 4.86. The van der Waals surface area contributed by atoms with E-state index in [0.717, 1.165) is 22.6 Å². The highest BCUT2D eigenvalue weighted by molar-refractivity contribution is 5.55. The van der Waals surface area contributed by atoms with Gasteiger partial charge in [0.05, 0.1) is 0 Å². The van der Waals surface area contributed by atoms with Gasteiger partial charge in [0.1, 0.15) is 12.4 Å². The average molecular weight is 257 g/mol. The average Bonchev–Trinajstić information content (AvgIpc) is 2.40. The molecule has 2 rings (SSSR count). The lowest BCUT2D eigenvalue weighted by Crippen LogP contribution is -2.04. The number of rotatable bonds is 4. The number of nitrogens with zero attached hydrogens (tertiary/aromatic N) is 2. The molecule has 4 heteroatoms. The van der Waals surface area contributed by atoms with Crippen molar-refractivity contribution in [3.8, 4) is 5.75 Å². The fraction of sp³-hybridized carbons (Fsp3) is 0.333. The highest BCUT2D eigenvalue weighted by atomic mass is 16.5. The number of aryl methyl sites for hydroxylation is 1. The zero-order valence-corrected chi connectivity index (χ0v) is 11.6. The molecule has 1 aromatic carbocycles. The fourth-order valence-corrected chi connectivity index (χ4v) is 1.84. The topological polar surface area (TPSA) is 61.0 Å². The van der Waals surface area contributed by atoms with Crippen LogP contribution < -0.4 is 10.5 Å². The first-order valence-corrected chi connectivity index (χ1v) is 6.36. The second kappa shape index (κ2) is 5.69. The minimum atomic E-state index is 0.356. The van der Waals surface area contributed by atoms with Crippen molar-refractivity contribution in [2.24, 2.45) is 0 Å². The van der Waals surface area contributed by atoms with E-state index in [9.17, 15) is 0 Å². The third-order valence-corrected chi connectivity index (χ3v) is 3.00. The Morgan fingerprint density at radius 2 is 1.89 bits per heavy atom. The molecular weight excluding hydrogens is 238 g/mol. The third-order valence-electron chi connectivity index (χ3n) is 3.00. The Bertz CT molecular complexity index is 553. The number of aromatic nitrogens is 2. The molecule has 0 spiro atoms. The minimum absolute atomic E-state index is 0.356. The highest BCUT2D eigenvalue weighted by Gasteiger charge is 2.11. The van der Waals surface area contributed by atoms with Crippen LogP contribution in [0.4, 0.5) is 5.69 Å². The summed E-state index contributed by atoms with van der Waals surface area (Å²) in [5, 5.41) is 0. The molecule has 0 aliphatic carbocycles. The van der Waals surface area contributed by atoms with Gasteiger partial charge >= 0.3 is 0 Å². The van der Waals surface area contributed by atoms with Crippen LogP contribution in [-0.4, -0.2) is 9.97 Å². The Balaban J connectivity index is 2.22. The number of nitrogen functional groups attached to an aromatic ring is 1. The maximum atomic E-state index is 5.95. The first-order valence-electron chi connectivity index (χ1n) is 6.36. The number of nitrogens with two attached hydrogens (primary N) is 1. The summed E-state index contributed by atoms with van der Waals surface area (Å²) >= 11 is 0. The molecule has 100 valence electrons. The van der Waals surface area contributed by atoms with Crippen LogP contribution in [-0.2, 0) is 6.61 Å². The molecule has 0 radical (unpaired) electrons. The fourth-order valence-electron chi connectivity index (χ4n) is 1.84. The Hall–Kier alpha value is -2.10. The SMILES string of the molecule is Cc1cc(OCc2ncccn2)c(C(C)C)cc1N. The molecule has 0 fully saturated rings. The van der Waals surface area contributed by atoms with Crippen molar-refractivity contribution in [3.63, 3.8) is 0 Å². The van der Waals surface area contributed by atoms with Crippen LogP contribution in [0.5, 0.6) is 5.75 Å². The van der Waals surface area contributed by atoms with Gasteiger partial charge in [-0.1, -0.05) is 13.8 Å². The van der Waals surface area contributed by atoms with E-state index in [1.807, 2.05) is 19.1 Å². The number of hydrogen-bond acceptors (Lipinski definition) is 4. The van der Waals surface area contributed by atoms with Crippen molar-refractivity contribution >= 4 is 5.69 Å². The summed E-state index contributed by atoms with van der Waals surface area (Å²) in [6.45, 7) is 6.58. The molecule has 1 heterocycles. The molecule has 0 atom stereocenters. The van der Waals surface area contributed by atoms with Gasteiger partial charge in [-0.2, -0.15) is 0 Å². The normalized spacial score (nSPS) is 10.7. The summed E-state index contributed by atoms with van der Waals surface area (Å²) in [6, 6.07) is 5.76. The van der Waals surface area contributed by atoms with Crippen LogP contribution >= 0.6 is 0 Å². The van der Waals surface area contributed by atoms with Crippen molar-refractivity contribution in [2.45, 2.75) is 33.3 Å². The highest BCUT2D eigenvalue weighted by Crippen LogP contribution is 2.31. The van der Waals surface area contributed by atoms with Crippen molar-refractivity contribution in [1.82, 2.24) is 9.97 Å². The minimum Gasteiger partial charge on any atom is -0.485 e. The van der Waals surface area contributed by atoms with Crippen LogP contribution in [0, 0.1) is 6.92 Å². The lowest BCUT2D eigenvalue weighted by Gasteiger charge is -2.16. The van der Waals surface area contributed by atoms with Gasteiger partial charge in [-0.25, -0.2) is 9.97 Å². The molecule has 4 nitrogen and oxygen atoms in total. The predicted molar refractivity (Wildman–Crippen MR) is 76.0 cm³/mol. The van der Waals surface area contributed by atoms with E-state index in [-0.39, 0.29) is 0 Å². The third kappa shape index (κ3) is 3.22. The molecule has 0 unspecified atom stereocenters. The van der Waals surface area contributed by atoms with Crippen LogP contribution in [0.3, 0.4) is 0 Å². The molecule has 2 N–H and O–H groups in total. The van der Waals surface area contributed by atoms with E-state index in [4.69, 9.17) is 10.5 Å². The second-order valence-electron chi connectivity index (χ2n) is 4.86. The molecule has 0 saturated heterocycles. The van der Waals surface area contributed by atoms with Crippen molar-refractivity contribution < 1.29 is 4.74 Å². The van der Waals surface area contributed by atoms with Crippen LogP contribution in [0.15, 0.2) is 30.6 Å². The van der Waals surface area contributed by atoms with Gasteiger partial charge in [0.2, 0.25) is 0 Å². The maximum absolute atomic E-state index is 5.95. The van der Waals surface area contributed by atoms with E-state index in [2.05, 4.69) is 23.8 Å². The molecular formula is C15H19N3O. The smallest absolute Gasteiger partial charge is 0.166 e. The zero-order valence-electron chi connectivity index (χ0n) is 11.6. The molecule has 0 aliphatic heterocycles. The maximum Gasteiger partial charge on any atom is 0.166 e. The standard InChI is InChI=1S/C15H19N3O/c1-10(2)12-8-13(16)11(3)7-14(12)19-9-15-17-5-4-6-18-15/h4-8,10H,9,16H2,1-3H3. The number of anilines is 1. The summed E-state index contributed by atoms with van der Waals surface area (Å²) in [5.74, 6) is 1.88. The first kappa shape index (κ1) is 13.3. The van der Waals surface area contributed by atoms with Gasteiger partial charge in [0.25, 0.3) is 0 Å². The summed E-state index contributed by atoms with van der Waals surface area (Å²) in [7, 11) is 0. The number of ether oxygens (including phenoxy) is 1. The summed E-state index contributed by atoms with van der Waals surface area (Å²) in [6.07, 6.45) is 3.42. The number of hydrogen-bond donors (Lipinski definition) is 1. The van der Waals surface area contributed by atoms with Crippen LogP contribution in [0.1, 0.15) is 36.7 Å². The Morgan fingerprint density at radius 1 is 1.21 bits per heavy atom. The van der Waals surface area contributed by atoms with Crippen molar-refractivity contribution in [3.05, 3.63) is 47.5 Å². The Kier molecular flexibility index (Phi) is 4.00. The lowest BCUT2D eigenvalue weighted by atomic mass is 9.99. The molecule has 0 bridgehead atoms. The molecule has 19 heavy (non-hydrogen) atoms. The Morgan fingerprint density at radius 3 is 2.53 bits per heavy atom. The van der Waals surface area contributed by atoms with Gasteiger partial charge in [-0.15, -0.1) is 0 Å². The van der Waals surface area contributed by atoms with Crippen molar-refractivity contribution in [1.29, 1.82) is 0 Å². The monoisotopic (exact) mass is 257 g/mol. The summed E-state index contributed by atoms with van der Waals surface area (Å²) in [5.41, 5.74) is 8.88. The van der Waals surface area contributed by atoms with Gasteiger partial charge in [-0.05, 0) is 42.2 Å². The van der Waals surface area contributed by atoms with Crippen LogP contribution in [0.2, 0.25) is 0 Å². The predicted octanol–water partition coefficient (Wildman–Crippen LogP) is 3.07. The van der Waals surface area contributed by atoms with E-state index in [0.29, 0.717) is 18.3 Å². The largest absolute Gasteiger partial charge is 0.485 e. The molecule has 0 amide bonds. The van der Waals surface area contributed by atoms with Gasteiger partial charge < -0.3 is 10.5 Å². The van der Waals surface area contributed by atoms with Gasteiger partial charge in [0, 0.05) is 18.1 Å². The van der Waals surface area contributed by atoms with E-state index in [1.165, 1.54) is 0 Å². The Labute approximate surface area is 113 Å². The number of benzene rings is 1. The van der Waals surface area contributed by atoms with E-state index >= 15 is 0 Å². The molecule has 1 aromatic heterocycles. The molecule has 2 aromatic rings.